The number of carbonyl (C=O) groups excluding carboxylic acids is 2. The third-order valence-corrected chi connectivity index (χ3v) is 11.4. The molecular weight excluding hydrogens is 582 g/mol. The molecule has 44 heavy (non-hydrogen) atoms. The zero-order chi connectivity index (χ0) is 32.3. The maximum atomic E-state index is 12.5. The van der Waals surface area contributed by atoms with E-state index >= 15 is 0 Å². The highest BCUT2D eigenvalue weighted by molar-refractivity contribution is 5.86. The summed E-state index contributed by atoms with van der Waals surface area (Å²) in [5.41, 5.74) is 0. The lowest BCUT2D eigenvalue weighted by molar-refractivity contribution is -0.190. The van der Waals surface area contributed by atoms with Crippen LogP contribution in [0.2, 0.25) is 0 Å². The van der Waals surface area contributed by atoms with E-state index in [1.807, 2.05) is 0 Å². The lowest BCUT2D eigenvalue weighted by atomic mass is 9.68. The van der Waals surface area contributed by atoms with Crippen molar-refractivity contribution in [2.45, 2.75) is 155 Å². The molecule has 3 nitrogen and oxygen atoms in total. The molecule has 0 aromatic carbocycles. The molecule has 0 N–H and O–H groups in total. The number of rotatable bonds is 9. The van der Waals surface area contributed by atoms with Crippen LogP contribution in [-0.4, -0.2) is 30.7 Å². The minimum atomic E-state index is -4.64. The maximum Gasteiger partial charge on any atom is 0.450 e. The van der Waals surface area contributed by atoms with E-state index < -0.39 is 36.6 Å². The van der Waals surface area contributed by atoms with Crippen LogP contribution < -0.4 is 0 Å². The van der Waals surface area contributed by atoms with Crippen molar-refractivity contribution in [3.8, 4) is 0 Å². The van der Waals surface area contributed by atoms with Crippen LogP contribution in [0.5, 0.6) is 0 Å². The average Bonchev–Trinajstić information content (AvgIpc) is 3.00. The van der Waals surface area contributed by atoms with Crippen molar-refractivity contribution < 1.29 is 40.7 Å². The van der Waals surface area contributed by atoms with Crippen molar-refractivity contribution in [1.29, 1.82) is 0 Å². The van der Waals surface area contributed by atoms with Crippen LogP contribution in [-0.2, 0) is 14.3 Å². The van der Waals surface area contributed by atoms with Gasteiger partial charge in [0.15, 0.2) is 6.61 Å². The molecule has 4 fully saturated rings. The molecule has 0 unspecified atom stereocenters. The molecule has 0 aliphatic heterocycles. The molecule has 4 rings (SSSR count). The predicted molar refractivity (Wildman–Crippen MR) is 160 cm³/mol. The molecule has 0 aromatic heterocycles. The number of hydrogen-bond donors (Lipinski definition) is 0. The number of alkyl halides is 6. The number of carbonyl (C=O) groups is 2. The Morgan fingerprint density at radius 3 is 1.20 bits per heavy atom. The molecule has 0 spiro atoms. The molecule has 0 saturated heterocycles. The molecule has 0 heterocycles. The van der Waals surface area contributed by atoms with Gasteiger partial charge in [-0.05, 0) is 113 Å². The monoisotopic (exact) mass is 638 g/mol. The summed E-state index contributed by atoms with van der Waals surface area (Å²) in [7, 11) is 0. The summed E-state index contributed by atoms with van der Waals surface area (Å²) in [6.45, 7) is 3.02. The van der Waals surface area contributed by atoms with Crippen molar-refractivity contribution in [1.82, 2.24) is 0 Å². The van der Waals surface area contributed by atoms with Crippen LogP contribution in [0, 0.1) is 47.3 Å². The van der Waals surface area contributed by atoms with E-state index in [4.69, 9.17) is 0 Å². The Kier molecular flexibility index (Phi) is 14.9. The van der Waals surface area contributed by atoms with Crippen LogP contribution in [0.4, 0.5) is 26.3 Å². The van der Waals surface area contributed by atoms with Crippen molar-refractivity contribution in [2.24, 2.45) is 47.3 Å². The quantitative estimate of drug-likeness (QED) is 0.186. The first-order valence-electron chi connectivity index (χ1n) is 17.6. The third kappa shape index (κ3) is 12.1. The standard InChI is InChI=1S/C18H29F3O2.C17H27F3O/c1-2-3-13-4-6-14(7-5-13)15-8-10-16(11-9-15)17(22)23-12-18(19,20)21;1-2-3-12-4-6-13(7-5-12)14-8-10-15(11-9-14)16(21)17(18,19)20/h13-16H,2-12H2,1H3;12-15H,2-11H2,1H3. The topological polar surface area (TPSA) is 43.4 Å². The van der Waals surface area contributed by atoms with Crippen molar-refractivity contribution in [3.05, 3.63) is 0 Å². The molecule has 0 amide bonds. The number of Topliss-reactive ketones (excluding diaryl/α,β-unsaturated/α-hetero) is 1. The van der Waals surface area contributed by atoms with E-state index in [9.17, 15) is 35.9 Å². The number of ketones is 1. The Morgan fingerprint density at radius 1 is 0.545 bits per heavy atom. The molecule has 0 bridgehead atoms. The molecule has 0 radical (unpaired) electrons. The number of esters is 1. The number of hydrogen-bond acceptors (Lipinski definition) is 3. The summed E-state index contributed by atoms with van der Waals surface area (Å²) in [5, 5.41) is 0. The van der Waals surface area contributed by atoms with Gasteiger partial charge in [0, 0.05) is 5.92 Å². The van der Waals surface area contributed by atoms with E-state index in [1.54, 1.807) is 0 Å². The first kappa shape index (κ1) is 37.2. The van der Waals surface area contributed by atoms with Gasteiger partial charge in [-0.25, -0.2) is 0 Å². The fourth-order valence-electron chi connectivity index (χ4n) is 8.89. The fraction of sp³-hybridized carbons (Fsp3) is 0.943. The highest BCUT2D eigenvalue weighted by Gasteiger charge is 2.45. The molecule has 0 aromatic rings. The van der Waals surface area contributed by atoms with Crippen molar-refractivity contribution in [3.63, 3.8) is 0 Å². The Morgan fingerprint density at radius 2 is 0.886 bits per heavy atom. The molecule has 4 aliphatic carbocycles. The molecule has 256 valence electrons. The van der Waals surface area contributed by atoms with E-state index in [2.05, 4.69) is 18.6 Å². The zero-order valence-electron chi connectivity index (χ0n) is 27.0. The second-order valence-electron chi connectivity index (χ2n) is 14.4. The highest BCUT2D eigenvalue weighted by Crippen LogP contribution is 2.44. The van der Waals surface area contributed by atoms with E-state index in [-0.39, 0.29) is 5.92 Å². The summed E-state index contributed by atoms with van der Waals surface area (Å²) in [4.78, 5) is 23.0. The van der Waals surface area contributed by atoms with Gasteiger partial charge in [0.05, 0.1) is 5.92 Å². The normalized spacial score (nSPS) is 33.5. The van der Waals surface area contributed by atoms with Gasteiger partial charge in [-0.2, -0.15) is 26.3 Å². The van der Waals surface area contributed by atoms with Gasteiger partial charge in [0.2, 0.25) is 5.78 Å². The fourth-order valence-corrected chi connectivity index (χ4v) is 8.89. The smallest absolute Gasteiger partial charge is 0.450 e. The van der Waals surface area contributed by atoms with E-state index in [0.717, 1.165) is 43.4 Å². The van der Waals surface area contributed by atoms with Crippen LogP contribution >= 0.6 is 0 Å². The summed E-state index contributed by atoms with van der Waals surface area (Å²) < 4.78 is 78.1. The SMILES string of the molecule is CCCC1CCC(C2CCC(C(=O)C(F)(F)F)CC2)CC1.CCCC1CCC(C2CCC(C(=O)OCC(F)(F)F)CC2)CC1. The first-order valence-corrected chi connectivity index (χ1v) is 17.6. The Balaban J connectivity index is 0.000000241. The Labute approximate surface area is 261 Å². The minimum Gasteiger partial charge on any atom is -0.456 e. The first-order chi connectivity index (χ1) is 20.8. The van der Waals surface area contributed by atoms with E-state index in [1.165, 1.54) is 77.0 Å². The lowest BCUT2D eigenvalue weighted by Gasteiger charge is -2.37. The van der Waals surface area contributed by atoms with E-state index in [0.29, 0.717) is 43.4 Å². The Hall–Kier alpha value is -1.28. The second kappa shape index (κ2) is 17.6. The molecule has 0 atom stereocenters. The largest absolute Gasteiger partial charge is 0.456 e. The average molecular weight is 639 g/mol. The molecule has 9 heteroatoms. The Bertz CT molecular complexity index is 840. The maximum absolute atomic E-state index is 12.5. The van der Waals surface area contributed by atoms with Gasteiger partial charge >= 0.3 is 18.3 Å². The summed E-state index contributed by atoms with van der Waals surface area (Å²) >= 11 is 0. The molecule has 4 saturated carbocycles. The molecule has 4 aliphatic rings. The van der Waals surface area contributed by atoms with Gasteiger partial charge in [-0.3, -0.25) is 9.59 Å². The minimum absolute atomic E-state index is 0.329. The number of ether oxygens (including phenoxy) is 1. The van der Waals surface area contributed by atoms with Crippen LogP contribution in [0.3, 0.4) is 0 Å². The second-order valence-corrected chi connectivity index (χ2v) is 14.4. The lowest BCUT2D eigenvalue weighted by Crippen LogP contribution is -2.34. The summed E-state index contributed by atoms with van der Waals surface area (Å²) in [6, 6.07) is 0. The van der Waals surface area contributed by atoms with Crippen LogP contribution in [0.1, 0.15) is 142 Å². The third-order valence-electron chi connectivity index (χ3n) is 11.4. The van der Waals surface area contributed by atoms with Crippen molar-refractivity contribution in [2.75, 3.05) is 6.61 Å². The highest BCUT2D eigenvalue weighted by atomic mass is 19.4. The summed E-state index contributed by atoms with van der Waals surface area (Å²) in [6.07, 6.45) is 12.2. The zero-order valence-corrected chi connectivity index (χ0v) is 27.0. The van der Waals surface area contributed by atoms with Gasteiger partial charge in [0.25, 0.3) is 0 Å². The number of halogens is 6. The van der Waals surface area contributed by atoms with Gasteiger partial charge in [0.1, 0.15) is 0 Å². The van der Waals surface area contributed by atoms with Crippen molar-refractivity contribution >= 4 is 11.8 Å². The van der Waals surface area contributed by atoms with Gasteiger partial charge in [-0.1, -0.05) is 65.2 Å². The van der Waals surface area contributed by atoms with Gasteiger partial charge in [-0.15, -0.1) is 0 Å². The van der Waals surface area contributed by atoms with Gasteiger partial charge < -0.3 is 4.74 Å². The van der Waals surface area contributed by atoms with Crippen LogP contribution in [0.25, 0.3) is 0 Å². The predicted octanol–water partition coefficient (Wildman–Crippen LogP) is 11.0. The van der Waals surface area contributed by atoms with Crippen LogP contribution in [0.15, 0.2) is 0 Å². The summed E-state index contributed by atoms with van der Waals surface area (Å²) in [5.74, 6) is 1.19. The molecular formula is C35H56F6O3.